The molecule has 0 aliphatic rings. The summed E-state index contributed by atoms with van der Waals surface area (Å²) < 4.78 is 29.1. The van der Waals surface area contributed by atoms with Crippen molar-refractivity contribution in [3.05, 3.63) is 24.5 Å². The van der Waals surface area contributed by atoms with Gasteiger partial charge in [-0.1, -0.05) is 0 Å². The van der Waals surface area contributed by atoms with Crippen molar-refractivity contribution >= 4 is 16.5 Å². The highest BCUT2D eigenvalue weighted by molar-refractivity contribution is 7.85. The van der Waals surface area contributed by atoms with Crippen LogP contribution < -0.4 is 5.73 Å². The number of hydrogen-bond donors (Lipinski definition) is 2. The Bertz CT molecular complexity index is 348. The van der Waals surface area contributed by atoms with Gasteiger partial charge in [0.15, 0.2) is 0 Å². The maximum Gasteiger partial charge on any atom is 0.296 e. The molecule has 1 heterocycles. The zero-order valence-electron chi connectivity index (χ0n) is 6.49. The number of rotatable bonds is 1. The first-order valence-corrected chi connectivity index (χ1v) is 4.49. The van der Waals surface area contributed by atoms with Crippen LogP contribution in [0.3, 0.4) is 0 Å². The van der Waals surface area contributed by atoms with E-state index >= 15 is 0 Å². The summed E-state index contributed by atoms with van der Waals surface area (Å²) in [6, 6.07) is 2.70. The molecule has 0 fully saturated rings. The molecule has 0 radical (unpaired) electrons. The smallest absolute Gasteiger partial charge is 0.296 e. The number of nitrogens with two attached hydrogens (primary N) is 1. The molecule has 6 nitrogen and oxygen atoms in total. The monoisotopic (exact) mass is 204 g/mol. The van der Waals surface area contributed by atoms with E-state index < -0.39 is 10.1 Å². The van der Waals surface area contributed by atoms with Gasteiger partial charge in [-0.15, -0.1) is 0 Å². The number of nitrogens with zero attached hydrogens (tertiary/aromatic N) is 1. The van der Waals surface area contributed by atoms with Crippen molar-refractivity contribution in [1.82, 2.24) is 4.98 Å². The lowest BCUT2D eigenvalue weighted by Crippen LogP contribution is -1.97. The van der Waals surface area contributed by atoms with Gasteiger partial charge in [-0.3, -0.25) is 14.3 Å². The predicted molar refractivity (Wildman–Crippen MR) is 44.3 cm³/mol. The van der Waals surface area contributed by atoms with E-state index in [1.165, 1.54) is 18.3 Å². The van der Waals surface area contributed by atoms with Gasteiger partial charge in [-0.2, -0.15) is 8.42 Å². The van der Waals surface area contributed by atoms with Crippen LogP contribution in [-0.4, -0.2) is 24.4 Å². The van der Waals surface area contributed by atoms with Gasteiger partial charge in [0, 0.05) is 12.4 Å². The summed E-state index contributed by atoms with van der Waals surface area (Å²) in [6.45, 7) is 0. The van der Waals surface area contributed by atoms with Crippen LogP contribution in [0, 0.1) is 0 Å². The minimum absolute atomic E-state index is 0.185. The third kappa shape index (κ3) is 4.88. The number of hydrogen-bond acceptors (Lipinski definition) is 4. The highest BCUT2D eigenvalue weighted by Gasteiger charge is 2.06. The molecule has 3 N–H and O–H groups in total. The highest BCUT2D eigenvalue weighted by Crippen LogP contribution is 2.03. The summed E-state index contributed by atoms with van der Waals surface area (Å²) in [4.78, 5) is 11.9. The van der Waals surface area contributed by atoms with E-state index in [-0.39, 0.29) is 11.3 Å². The standard InChI is InChI=1S/C5H5NO3S.CH3NO/c7-10(8,9)5-2-1-3-6-4-5;2-1-3/h1-4H,(H,7,8,9);1H,(H2,2,3). The Labute approximate surface area is 75.2 Å². The van der Waals surface area contributed by atoms with Crippen molar-refractivity contribution in [1.29, 1.82) is 0 Å². The lowest BCUT2D eigenvalue weighted by Gasteiger charge is -1.91. The maximum absolute atomic E-state index is 10.3. The van der Waals surface area contributed by atoms with E-state index in [2.05, 4.69) is 10.7 Å². The largest absolute Gasteiger partial charge is 0.372 e. The van der Waals surface area contributed by atoms with Gasteiger partial charge < -0.3 is 5.73 Å². The summed E-state index contributed by atoms with van der Waals surface area (Å²) in [6.07, 6.45) is 2.75. The van der Waals surface area contributed by atoms with E-state index in [9.17, 15) is 8.42 Å². The molecular formula is C6H8N2O4S. The summed E-state index contributed by atoms with van der Waals surface area (Å²) in [5.74, 6) is 0. The molecule has 0 aliphatic heterocycles. The zero-order chi connectivity index (χ0) is 10.3. The molecule has 0 atom stereocenters. The molecule has 1 aromatic rings. The van der Waals surface area contributed by atoms with Gasteiger partial charge in [0.1, 0.15) is 4.90 Å². The summed E-state index contributed by atoms with van der Waals surface area (Å²) in [7, 11) is -4.07. The van der Waals surface area contributed by atoms with E-state index in [0.717, 1.165) is 6.20 Å². The van der Waals surface area contributed by atoms with Crippen LogP contribution in [-0.2, 0) is 14.9 Å². The lowest BCUT2D eigenvalue weighted by atomic mass is 10.5. The second-order valence-corrected chi connectivity index (χ2v) is 3.22. The molecule has 7 heteroatoms. The highest BCUT2D eigenvalue weighted by atomic mass is 32.2. The first-order chi connectivity index (χ1) is 6.02. The Hall–Kier alpha value is -1.47. The van der Waals surface area contributed by atoms with Crippen molar-refractivity contribution in [2.24, 2.45) is 5.73 Å². The number of amides is 1. The first kappa shape index (κ1) is 11.5. The number of aromatic nitrogens is 1. The van der Waals surface area contributed by atoms with E-state index in [0.29, 0.717) is 0 Å². The van der Waals surface area contributed by atoms with E-state index in [4.69, 9.17) is 9.35 Å². The second-order valence-electron chi connectivity index (χ2n) is 1.80. The van der Waals surface area contributed by atoms with Crippen LogP contribution in [0.5, 0.6) is 0 Å². The Morgan fingerprint density at radius 2 is 2.08 bits per heavy atom. The fraction of sp³-hybridized carbons (Fsp3) is 0. The Morgan fingerprint density at radius 1 is 1.54 bits per heavy atom. The molecule has 0 spiro atoms. The fourth-order valence-electron chi connectivity index (χ4n) is 0.500. The molecule has 0 unspecified atom stereocenters. The van der Waals surface area contributed by atoms with Crippen molar-refractivity contribution in [3.8, 4) is 0 Å². The minimum atomic E-state index is -4.07. The molecule has 1 amide bonds. The first-order valence-electron chi connectivity index (χ1n) is 3.05. The van der Waals surface area contributed by atoms with Crippen molar-refractivity contribution < 1.29 is 17.8 Å². The Kier molecular flexibility index (Phi) is 4.63. The summed E-state index contributed by atoms with van der Waals surface area (Å²) in [5, 5.41) is 0. The SMILES string of the molecule is NC=O.O=S(=O)(O)c1cccnc1. The molecule has 1 aromatic heterocycles. The number of carbonyl (C=O) groups is 1. The van der Waals surface area contributed by atoms with Crippen LogP contribution in [0.2, 0.25) is 0 Å². The number of carbonyl (C=O) groups excluding carboxylic acids is 1. The second kappa shape index (κ2) is 5.22. The van der Waals surface area contributed by atoms with Crippen LogP contribution in [0.25, 0.3) is 0 Å². The number of primary amides is 1. The summed E-state index contributed by atoms with van der Waals surface area (Å²) >= 11 is 0. The average Bonchev–Trinajstić information content (AvgIpc) is 2.06. The average molecular weight is 204 g/mol. The quantitative estimate of drug-likeness (QED) is 0.470. The predicted octanol–water partition coefficient (Wildman–Crippen LogP) is -0.570. The van der Waals surface area contributed by atoms with Crippen molar-refractivity contribution in [2.75, 3.05) is 0 Å². The molecule has 0 aliphatic carbocycles. The van der Waals surface area contributed by atoms with E-state index in [1.54, 1.807) is 0 Å². The molecule has 13 heavy (non-hydrogen) atoms. The molecule has 72 valence electrons. The zero-order valence-corrected chi connectivity index (χ0v) is 7.31. The van der Waals surface area contributed by atoms with Crippen LogP contribution in [0.15, 0.2) is 29.4 Å². The van der Waals surface area contributed by atoms with E-state index in [1.807, 2.05) is 0 Å². The molecule has 0 bridgehead atoms. The van der Waals surface area contributed by atoms with Crippen molar-refractivity contribution in [3.63, 3.8) is 0 Å². The Balaban J connectivity index is 0.000000424. The van der Waals surface area contributed by atoms with Crippen molar-refractivity contribution in [2.45, 2.75) is 4.90 Å². The van der Waals surface area contributed by atoms with Gasteiger partial charge in [-0.05, 0) is 12.1 Å². The van der Waals surface area contributed by atoms with Gasteiger partial charge >= 0.3 is 0 Å². The normalized spacial score (nSPS) is 9.62. The van der Waals surface area contributed by atoms with Gasteiger partial charge in [0.25, 0.3) is 10.1 Å². The minimum Gasteiger partial charge on any atom is -0.372 e. The van der Waals surface area contributed by atoms with Gasteiger partial charge in [0.2, 0.25) is 6.41 Å². The Morgan fingerprint density at radius 3 is 2.31 bits per heavy atom. The third-order valence-electron chi connectivity index (χ3n) is 0.932. The molecule has 0 aromatic carbocycles. The van der Waals surface area contributed by atoms with Crippen LogP contribution in [0.1, 0.15) is 0 Å². The topological polar surface area (TPSA) is 110 Å². The lowest BCUT2D eigenvalue weighted by molar-refractivity contribution is -0.106. The molecule has 0 saturated carbocycles. The fourth-order valence-corrected chi connectivity index (χ4v) is 0.944. The van der Waals surface area contributed by atoms with Gasteiger partial charge in [0.05, 0.1) is 0 Å². The molecular weight excluding hydrogens is 196 g/mol. The molecule has 0 saturated heterocycles. The molecule has 1 rings (SSSR count). The van der Waals surface area contributed by atoms with Crippen LogP contribution >= 0.6 is 0 Å². The summed E-state index contributed by atoms with van der Waals surface area (Å²) in [5.41, 5.74) is 4.17. The number of pyridine rings is 1. The van der Waals surface area contributed by atoms with Gasteiger partial charge in [-0.25, -0.2) is 0 Å². The third-order valence-corrected chi connectivity index (χ3v) is 1.77. The maximum atomic E-state index is 10.3. The van der Waals surface area contributed by atoms with Crippen LogP contribution in [0.4, 0.5) is 0 Å².